The van der Waals surface area contributed by atoms with Gasteiger partial charge in [0.2, 0.25) is 0 Å². The molecule has 1 unspecified atom stereocenters. The Morgan fingerprint density at radius 3 is 2.38 bits per heavy atom. The Morgan fingerprint density at radius 2 is 1.88 bits per heavy atom. The van der Waals surface area contributed by atoms with Crippen molar-refractivity contribution in [2.75, 3.05) is 0 Å². The predicted molar refractivity (Wildman–Crippen MR) is 71.8 cm³/mol. The van der Waals surface area contributed by atoms with Gasteiger partial charge in [-0.1, -0.05) is 54.8 Å². The van der Waals surface area contributed by atoms with E-state index in [4.69, 9.17) is 0 Å². The minimum Gasteiger partial charge on any atom is -0.294 e. The molecular weight excluding hydrogens is 264 g/mol. The molecule has 16 heavy (non-hydrogen) atoms. The van der Waals surface area contributed by atoms with Gasteiger partial charge in [0.1, 0.15) is 0 Å². The molecular formula is C14H19BrO. The van der Waals surface area contributed by atoms with Crippen LogP contribution in [0.25, 0.3) is 0 Å². The van der Waals surface area contributed by atoms with Crippen molar-refractivity contribution < 1.29 is 4.79 Å². The molecule has 1 aromatic rings. The number of benzene rings is 1. The van der Waals surface area contributed by atoms with Crippen LogP contribution in [0.5, 0.6) is 0 Å². The van der Waals surface area contributed by atoms with E-state index in [1.807, 2.05) is 24.3 Å². The van der Waals surface area contributed by atoms with Crippen LogP contribution in [0.4, 0.5) is 0 Å². The van der Waals surface area contributed by atoms with Crippen LogP contribution in [-0.4, -0.2) is 5.78 Å². The van der Waals surface area contributed by atoms with Crippen molar-refractivity contribution in [1.29, 1.82) is 0 Å². The standard InChI is InChI=1S/C14H19BrO/c1-3-5-6-11(4-2)14(16)12-7-9-13(15)10-8-12/h7-11H,3-6H2,1-2H3. The van der Waals surface area contributed by atoms with Gasteiger partial charge >= 0.3 is 0 Å². The van der Waals surface area contributed by atoms with Crippen molar-refractivity contribution in [3.8, 4) is 0 Å². The number of unbranched alkanes of at least 4 members (excludes halogenated alkanes) is 1. The molecule has 0 saturated heterocycles. The van der Waals surface area contributed by atoms with Crippen molar-refractivity contribution in [2.45, 2.75) is 39.5 Å². The summed E-state index contributed by atoms with van der Waals surface area (Å²) in [6.07, 6.45) is 4.25. The maximum atomic E-state index is 12.2. The Bertz CT molecular complexity index is 329. The van der Waals surface area contributed by atoms with Gasteiger partial charge in [-0.15, -0.1) is 0 Å². The van der Waals surface area contributed by atoms with E-state index in [1.54, 1.807) is 0 Å². The number of hydrogen-bond acceptors (Lipinski definition) is 1. The molecule has 0 aliphatic carbocycles. The van der Waals surface area contributed by atoms with Gasteiger partial charge in [-0.25, -0.2) is 0 Å². The summed E-state index contributed by atoms with van der Waals surface area (Å²) in [4.78, 5) is 12.2. The summed E-state index contributed by atoms with van der Waals surface area (Å²) in [6.45, 7) is 4.26. The number of ketones is 1. The minimum absolute atomic E-state index is 0.195. The third-order valence-electron chi connectivity index (χ3n) is 2.90. The molecule has 0 aliphatic rings. The third kappa shape index (κ3) is 3.75. The molecule has 0 amide bonds. The summed E-state index contributed by atoms with van der Waals surface area (Å²) in [6, 6.07) is 7.67. The maximum Gasteiger partial charge on any atom is 0.165 e. The highest BCUT2D eigenvalue weighted by molar-refractivity contribution is 9.10. The number of halogens is 1. The van der Waals surface area contributed by atoms with Gasteiger partial charge in [-0.3, -0.25) is 4.79 Å². The first-order chi connectivity index (χ1) is 7.69. The molecule has 1 nitrogen and oxygen atoms in total. The monoisotopic (exact) mass is 282 g/mol. The smallest absolute Gasteiger partial charge is 0.165 e. The highest BCUT2D eigenvalue weighted by Crippen LogP contribution is 2.20. The molecule has 0 spiro atoms. The Hall–Kier alpha value is -0.630. The van der Waals surface area contributed by atoms with E-state index in [9.17, 15) is 4.79 Å². The van der Waals surface area contributed by atoms with Crippen LogP contribution < -0.4 is 0 Å². The lowest BCUT2D eigenvalue weighted by molar-refractivity contribution is 0.0908. The van der Waals surface area contributed by atoms with E-state index in [0.717, 1.165) is 35.7 Å². The molecule has 0 fully saturated rings. The molecule has 0 saturated carbocycles. The zero-order valence-corrected chi connectivity index (χ0v) is 11.6. The van der Waals surface area contributed by atoms with Gasteiger partial charge in [0.25, 0.3) is 0 Å². The largest absolute Gasteiger partial charge is 0.294 e. The van der Waals surface area contributed by atoms with Crippen molar-refractivity contribution in [1.82, 2.24) is 0 Å². The number of Topliss-reactive ketones (excluding diaryl/α,β-unsaturated/α-hetero) is 1. The van der Waals surface area contributed by atoms with Crippen LogP contribution in [0.2, 0.25) is 0 Å². The van der Waals surface area contributed by atoms with E-state index >= 15 is 0 Å². The van der Waals surface area contributed by atoms with Gasteiger partial charge in [0.15, 0.2) is 5.78 Å². The van der Waals surface area contributed by atoms with Gasteiger partial charge in [-0.2, -0.15) is 0 Å². The lowest BCUT2D eigenvalue weighted by Crippen LogP contribution is -2.13. The van der Waals surface area contributed by atoms with E-state index in [0.29, 0.717) is 5.78 Å². The molecule has 1 atom stereocenters. The SMILES string of the molecule is CCCCC(CC)C(=O)c1ccc(Br)cc1. The summed E-state index contributed by atoms with van der Waals surface area (Å²) in [5.41, 5.74) is 0.839. The maximum absolute atomic E-state index is 12.2. The summed E-state index contributed by atoms with van der Waals surface area (Å²) >= 11 is 3.38. The first-order valence-corrected chi connectivity index (χ1v) is 6.78. The zero-order valence-electron chi connectivity index (χ0n) is 10.0. The molecule has 0 bridgehead atoms. The fourth-order valence-electron chi connectivity index (χ4n) is 1.82. The van der Waals surface area contributed by atoms with E-state index in [2.05, 4.69) is 29.8 Å². The Kier molecular flexibility index (Phi) is 5.75. The number of hydrogen-bond donors (Lipinski definition) is 0. The van der Waals surface area contributed by atoms with E-state index < -0.39 is 0 Å². The molecule has 0 aliphatic heterocycles. The quantitative estimate of drug-likeness (QED) is 0.682. The highest BCUT2D eigenvalue weighted by Gasteiger charge is 2.17. The fourth-order valence-corrected chi connectivity index (χ4v) is 2.09. The molecule has 1 rings (SSSR count). The molecule has 0 radical (unpaired) electrons. The van der Waals surface area contributed by atoms with E-state index in [1.165, 1.54) is 0 Å². The molecule has 0 N–H and O–H groups in total. The summed E-state index contributed by atoms with van der Waals surface area (Å²) in [7, 11) is 0. The van der Waals surface area contributed by atoms with Crippen LogP contribution in [-0.2, 0) is 0 Å². The van der Waals surface area contributed by atoms with Crippen molar-refractivity contribution in [2.24, 2.45) is 5.92 Å². The summed E-state index contributed by atoms with van der Waals surface area (Å²) in [5.74, 6) is 0.490. The topological polar surface area (TPSA) is 17.1 Å². The Morgan fingerprint density at radius 1 is 1.25 bits per heavy atom. The lowest BCUT2D eigenvalue weighted by atomic mass is 9.91. The molecule has 1 aromatic carbocycles. The van der Waals surface area contributed by atoms with Gasteiger partial charge in [0, 0.05) is 16.0 Å². The zero-order chi connectivity index (χ0) is 12.0. The minimum atomic E-state index is 0.195. The predicted octanol–water partition coefficient (Wildman–Crippen LogP) is 4.85. The van der Waals surface area contributed by atoms with Gasteiger partial charge in [-0.05, 0) is 25.0 Å². The van der Waals surface area contributed by atoms with Gasteiger partial charge in [0.05, 0.1) is 0 Å². The number of rotatable bonds is 6. The molecule has 2 heteroatoms. The Balaban J connectivity index is 2.70. The van der Waals surface area contributed by atoms with E-state index in [-0.39, 0.29) is 5.92 Å². The first-order valence-electron chi connectivity index (χ1n) is 5.98. The second-order valence-electron chi connectivity index (χ2n) is 4.12. The van der Waals surface area contributed by atoms with Crippen LogP contribution in [0, 0.1) is 5.92 Å². The second-order valence-corrected chi connectivity index (χ2v) is 5.03. The molecule has 88 valence electrons. The number of carbonyl (C=O) groups excluding carboxylic acids is 1. The van der Waals surface area contributed by atoms with Crippen LogP contribution in [0.1, 0.15) is 49.9 Å². The molecule has 0 heterocycles. The van der Waals surface area contributed by atoms with Crippen LogP contribution >= 0.6 is 15.9 Å². The average Bonchev–Trinajstić information content (AvgIpc) is 2.30. The van der Waals surface area contributed by atoms with Gasteiger partial charge < -0.3 is 0 Å². The summed E-state index contributed by atoms with van der Waals surface area (Å²) in [5, 5.41) is 0. The Labute approximate surface area is 106 Å². The average molecular weight is 283 g/mol. The van der Waals surface area contributed by atoms with Crippen molar-refractivity contribution in [3.63, 3.8) is 0 Å². The van der Waals surface area contributed by atoms with Crippen LogP contribution in [0.15, 0.2) is 28.7 Å². The first kappa shape index (κ1) is 13.4. The van der Waals surface area contributed by atoms with Crippen molar-refractivity contribution >= 4 is 21.7 Å². The molecule has 0 aromatic heterocycles. The normalized spacial score (nSPS) is 12.4. The third-order valence-corrected chi connectivity index (χ3v) is 3.43. The van der Waals surface area contributed by atoms with Crippen LogP contribution in [0.3, 0.4) is 0 Å². The lowest BCUT2D eigenvalue weighted by Gasteiger charge is -2.13. The second kappa shape index (κ2) is 6.85. The fraction of sp³-hybridized carbons (Fsp3) is 0.500. The summed E-state index contributed by atoms with van der Waals surface area (Å²) < 4.78 is 1.02. The number of carbonyl (C=O) groups is 1. The highest BCUT2D eigenvalue weighted by atomic mass is 79.9. The van der Waals surface area contributed by atoms with Crippen molar-refractivity contribution in [3.05, 3.63) is 34.3 Å².